The molecule has 1 fully saturated rings. The Labute approximate surface area is 116 Å². The number of piperidine rings is 1. The highest BCUT2D eigenvalue weighted by atomic mass is 16.1. The molecule has 1 aliphatic rings. The predicted octanol–water partition coefficient (Wildman–Crippen LogP) is 1.09. The first kappa shape index (κ1) is 12.9. The number of hydrogen-bond donors (Lipinski definition) is 3. The van der Waals surface area contributed by atoms with Crippen LogP contribution < -0.4 is 10.6 Å². The molecule has 106 valence electrons. The molecule has 3 heterocycles. The van der Waals surface area contributed by atoms with E-state index in [-0.39, 0.29) is 5.91 Å². The van der Waals surface area contributed by atoms with Crippen LogP contribution in [0.3, 0.4) is 0 Å². The van der Waals surface area contributed by atoms with Crippen molar-refractivity contribution in [2.45, 2.75) is 25.8 Å². The number of carbonyl (C=O) groups is 1. The maximum atomic E-state index is 12.0. The van der Waals surface area contributed by atoms with Gasteiger partial charge in [0.25, 0.3) is 5.91 Å². The minimum atomic E-state index is -0.223. The number of anilines is 1. The van der Waals surface area contributed by atoms with Crippen LogP contribution in [0.5, 0.6) is 0 Å². The molecule has 3 rings (SSSR count). The van der Waals surface area contributed by atoms with Gasteiger partial charge in [-0.2, -0.15) is 10.2 Å². The number of nitrogens with one attached hydrogen (secondary N) is 3. The summed E-state index contributed by atoms with van der Waals surface area (Å²) < 4.78 is 1.94. The van der Waals surface area contributed by atoms with Crippen LogP contribution in [-0.2, 0) is 0 Å². The van der Waals surface area contributed by atoms with E-state index < -0.39 is 0 Å². The third-order valence-electron chi connectivity index (χ3n) is 3.48. The van der Waals surface area contributed by atoms with E-state index >= 15 is 0 Å². The van der Waals surface area contributed by atoms with Gasteiger partial charge in [0.05, 0.1) is 17.9 Å². The molecular weight excluding hydrogens is 256 g/mol. The number of aryl methyl sites for hydroxylation is 1. The highest BCUT2D eigenvalue weighted by Crippen LogP contribution is 2.19. The Kier molecular flexibility index (Phi) is 3.51. The van der Waals surface area contributed by atoms with Gasteiger partial charge in [-0.05, 0) is 38.9 Å². The predicted molar refractivity (Wildman–Crippen MR) is 74.6 cm³/mol. The lowest BCUT2D eigenvalue weighted by atomic mass is 10.1. The van der Waals surface area contributed by atoms with Crippen molar-refractivity contribution in [1.29, 1.82) is 0 Å². The third-order valence-corrected chi connectivity index (χ3v) is 3.48. The Bertz CT molecular complexity index is 596. The summed E-state index contributed by atoms with van der Waals surface area (Å²) in [6, 6.07) is 2.13. The molecule has 0 saturated carbocycles. The summed E-state index contributed by atoms with van der Waals surface area (Å²) in [6.07, 6.45) is 5.69. The van der Waals surface area contributed by atoms with Crippen LogP contribution in [0.4, 0.5) is 5.69 Å². The third kappa shape index (κ3) is 2.72. The molecule has 20 heavy (non-hydrogen) atoms. The highest BCUT2D eigenvalue weighted by Gasteiger charge is 2.16. The van der Waals surface area contributed by atoms with Crippen LogP contribution in [0.2, 0.25) is 0 Å². The maximum absolute atomic E-state index is 12.0. The lowest BCUT2D eigenvalue weighted by Gasteiger charge is -2.22. The van der Waals surface area contributed by atoms with E-state index in [4.69, 9.17) is 0 Å². The molecule has 1 amide bonds. The van der Waals surface area contributed by atoms with Gasteiger partial charge in [-0.3, -0.25) is 14.6 Å². The van der Waals surface area contributed by atoms with E-state index in [2.05, 4.69) is 25.9 Å². The van der Waals surface area contributed by atoms with Gasteiger partial charge in [0, 0.05) is 11.9 Å². The van der Waals surface area contributed by atoms with Crippen LogP contribution in [0.25, 0.3) is 0 Å². The fourth-order valence-corrected chi connectivity index (χ4v) is 2.40. The molecule has 0 spiro atoms. The molecule has 2 aromatic heterocycles. The fourth-order valence-electron chi connectivity index (χ4n) is 2.40. The second-order valence-corrected chi connectivity index (χ2v) is 5.08. The van der Waals surface area contributed by atoms with E-state index in [0.29, 0.717) is 17.4 Å². The number of H-pyrrole nitrogens is 1. The van der Waals surface area contributed by atoms with Crippen molar-refractivity contribution in [1.82, 2.24) is 25.3 Å². The molecule has 0 aromatic carbocycles. The standard InChI is InChI=1S/C13H18N6O/c1-9-6-12(18-17-9)13(20)16-10-7-15-19(8-10)11-2-4-14-5-3-11/h6-8,11,14H,2-5H2,1H3,(H,16,20)(H,17,18). The molecule has 7 heteroatoms. The highest BCUT2D eigenvalue weighted by molar-refractivity contribution is 6.02. The summed E-state index contributed by atoms with van der Waals surface area (Å²) in [5.41, 5.74) is 1.95. The SMILES string of the molecule is Cc1cc(C(=O)Nc2cnn(C3CCNCC3)c2)n[nH]1. The summed E-state index contributed by atoms with van der Waals surface area (Å²) >= 11 is 0. The zero-order chi connectivity index (χ0) is 13.9. The van der Waals surface area contributed by atoms with Gasteiger partial charge in [0.1, 0.15) is 0 Å². The van der Waals surface area contributed by atoms with Gasteiger partial charge < -0.3 is 10.6 Å². The van der Waals surface area contributed by atoms with E-state index in [1.807, 2.05) is 17.8 Å². The largest absolute Gasteiger partial charge is 0.318 e. The van der Waals surface area contributed by atoms with Gasteiger partial charge >= 0.3 is 0 Å². The van der Waals surface area contributed by atoms with Gasteiger partial charge in [0.15, 0.2) is 5.69 Å². The zero-order valence-corrected chi connectivity index (χ0v) is 11.4. The van der Waals surface area contributed by atoms with Gasteiger partial charge in [-0.15, -0.1) is 0 Å². The lowest BCUT2D eigenvalue weighted by molar-refractivity contribution is 0.102. The fraction of sp³-hybridized carbons (Fsp3) is 0.462. The molecular formula is C13H18N6O. The topological polar surface area (TPSA) is 87.6 Å². The second-order valence-electron chi connectivity index (χ2n) is 5.08. The Morgan fingerprint density at radius 2 is 2.25 bits per heavy atom. The summed E-state index contributed by atoms with van der Waals surface area (Å²) in [5, 5.41) is 17.2. The second kappa shape index (κ2) is 5.46. The minimum absolute atomic E-state index is 0.223. The Balaban J connectivity index is 1.66. The normalized spacial score (nSPS) is 16.2. The molecule has 0 unspecified atom stereocenters. The first-order chi connectivity index (χ1) is 9.72. The first-order valence-electron chi connectivity index (χ1n) is 6.80. The van der Waals surface area contributed by atoms with Crippen LogP contribution in [0.15, 0.2) is 18.5 Å². The molecule has 0 aliphatic carbocycles. The van der Waals surface area contributed by atoms with Crippen LogP contribution >= 0.6 is 0 Å². The average Bonchev–Trinajstić information content (AvgIpc) is 3.09. The average molecular weight is 274 g/mol. The zero-order valence-electron chi connectivity index (χ0n) is 11.4. The summed E-state index contributed by atoms with van der Waals surface area (Å²) in [6.45, 7) is 3.89. The van der Waals surface area contributed by atoms with Crippen molar-refractivity contribution in [2.75, 3.05) is 18.4 Å². The summed E-state index contributed by atoms with van der Waals surface area (Å²) in [4.78, 5) is 12.0. The van der Waals surface area contributed by atoms with E-state index in [1.54, 1.807) is 12.3 Å². The van der Waals surface area contributed by atoms with E-state index in [1.165, 1.54) is 0 Å². The van der Waals surface area contributed by atoms with E-state index in [0.717, 1.165) is 31.6 Å². The minimum Gasteiger partial charge on any atom is -0.318 e. The van der Waals surface area contributed by atoms with Gasteiger partial charge in [0.2, 0.25) is 0 Å². The van der Waals surface area contributed by atoms with Crippen molar-refractivity contribution in [2.24, 2.45) is 0 Å². The molecule has 1 saturated heterocycles. The molecule has 0 atom stereocenters. The summed E-state index contributed by atoms with van der Waals surface area (Å²) in [5.74, 6) is -0.223. The van der Waals surface area contributed by atoms with Crippen molar-refractivity contribution < 1.29 is 4.79 Å². The smallest absolute Gasteiger partial charge is 0.276 e. The van der Waals surface area contributed by atoms with Crippen molar-refractivity contribution in [3.05, 3.63) is 29.8 Å². The number of aromatic nitrogens is 4. The molecule has 3 N–H and O–H groups in total. The Hall–Kier alpha value is -2.15. The molecule has 1 aliphatic heterocycles. The van der Waals surface area contributed by atoms with Crippen molar-refractivity contribution in [3.63, 3.8) is 0 Å². The van der Waals surface area contributed by atoms with Crippen LogP contribution in [-0.4, -0.2) is 39.0 Å². The molecule has 0 bridgehead atoms. The van der Waals surface area contributed by atoms with Crippen LogP contribution in [0.1, 0.15) is 35.1 Å². The number of rotatable bonds is 3. The van der Waals surface area contributed by atoms with Crippen molar-refractivity contribution >= 4 is 11.6 Å². The number of hydrogen-bond acceptors (Lipinski definition) is 4. The maximum Gasteiger partial charge on any atom is 0.276 e. The quantitative estimate of drug-likeness (QED) is 0.782. The molecule has 7 nitrogen and oxygen atoms in total. The number of amides is 1. The Morgan fingerprint density at radius 1 is 1.45 bits per heavy atom. The van der Waals surface area contributed by atoms with Gasteiger partial charge in [-0.1, -0.05) is 0 Å². The van der Waals surface area contributed by atoms with Crippen LogP contribution in [0, 0.1) is 6.92 Å². The lowest BCUT2D eigenvalue weighted by Crippen LogP contribution is -2.29. The Morgan fingerprint density at radius 3 is 2.95 bits per heavy atom. The van der Waals surface area contributed by atoms with E-state index in [9.17, 15) is 4.79 Å². The first-order valence-corrected chi connectivity index (χ1v) is 6.80. The summed E-state index contributed by atoms with van der Waals surface area (Å²) in [7, 11) is 0. The van der Waals surface area contributed by atoms with Gasteiger partial charge in [-0.25, -0.2) is 0 Å². The monoisotopic (exact) mass is 274 g/mol. The number of nitrogens with zero attached hydrogens (tertiary/aromatic N) is 3. The number of aromatic amines is 1. The van der Waals surface area contributed by atoms with Crippen molar-refractivity contribution in [3.8, 4) is 0 Å². The molecule has 2 aromatic rings. The molecule has 0 radical (unpaired) electrons. The number of carbonyl (C=O) groups excluding carboxylic acids is 1.